The van der Waals surface area contributed by atoms with Crippen LogP contribution in [0.4, 0.5) is 4.39 Å². The predicted molar refractivity (Wildman–Crippen MR) is 51.0 cm³/mol. The highest BCUT2D eigenvalue weighted by atomic mass is 32.2. The average molecular weight is 207 g/mol. The van der Waals surface area contributed by atoms with Crippen molar-refractivity contribution in [2.45, 2.75) is 31.2 Å². The third kappa shape index (κ3) is 2.84. The van der Waals surface area contributed by atoms with Gasteiger partial charge < -0.3 is 4.74 Å². The molecule has 0 spiro atoms. The smallest absolute Gasteiger partial charge is 0.192 e. The van der Waals surface area contributed by atoms with Gasteiger partial charge in [-0.3, -0.25) is 0 Å². The van der Waals surface area contributed by atoms with E-state index < -0.39 is 21.4 Å². The second-order valence-corrected chi connectivity index (χ2v) is 6.06. The highest BCUT2D eigenvalue weighted by molar-refractivity contribution is 7.85. The lowest BCUT2D eigenvalue weighted by atomic mass is 10.1. The van der Waals surface area contributed by atoms with Gasteiger partial charge in [-0.05, 0) is 20.8 Å². The van der Waals surface area contributed by atoms with Crippen LogP contribution >= 0.6 is 0 Å². The Morgan fingerprint density at radius 3 is 2.38 bits per heavy atom. The zero-order valence-corrected chi connectivity index (χ0v) is 8.86. The summed E-state index contributed by atoms with van der Waals surface area (Å²) in [7, 11) is -1.38. The van der Waals surface area contributed by atoms with Crippen LogP contribution in [-0.2, 0) is 15.7 Å². The fraction of sp³-hybridized carbons (Fsp3) is 0.875. The molecule has 0 saturated carbocycles. The van der Waals surface area contributed by atoms with Crippen LogP contribution in [0.25, 0.3) is 0 Å². The van der Waals surface area contributed by atoms with Gasteiger partial charge in [0.05, 0.1) is 24.2 Å². The van der Waals surface area contributed by atoms with Crippen molar-refractivity contribution in [3.63, 3.8) is 0 Å². The Bertz CT molecular complexity index is 243. The standard InChI is InChI=1S/C8H14FNO2S/c1-7(2,3)13(11)10-4-8(9)5-12-6-8/h4H,5-6H2,1-3H3/t13-/m0/s1. The van der Waals surface area contributed by atoms with Crippen LogP contribution in [0, 0.1) is 0 Å². The number of ether oxygens (including phenoxy) is 1. The molecule has 0 aromatic carbocycles. The van der Waals surface area contributed by atoms with Gasteiger partial charge in [-0.2, -0.15) is 4.40 Å². The van der Waals surface area contributed by atoms with Crippen LogP contribution in [0.3, 0.4) is 0 Å². The van der Waals surface area contributed by atoms with Crippen LogP contribution in [0.2, 0.25) is 0 Å². The summed E-state index contributed by atoms with van der Waals surface area (Å²) in [6.45, 7) is 5.43. The van der Waals surface area contributed by atoms with Crippen molar-refractivity contribution in [2.75, 3.05) is 13.2 Å². The van der Waals surface area contributed by atoms with E-state index in [0.29, 0.717) is 0 Å². The van der Waals surface area contributed by atoms with Gasteiger partial charge in [-0.25, -0.2) is 8.60 Å². The number of halogens is 1. The van der Waals surface area contributed by atoms with Gasteiger partial charge in [0.15, 0.2) is 5.67 Å². The molecule has 1 saturated heterocycles. The van der Waals surface area contributed by atoms with Gasteiger partial charge in [0.25, 0.3) is 0 Å². The van der Waals surface area contributed by atoms with Crippen LogP contribution < -0.4 is 0 Å². The van der Waals surface area contributed by atoms with Crippen molar-refractivity contribution in [1.29, 1.82) is 0 Å². The summed E-state index contributed by atoms with van der Waals surface area (Å²) < 4.78 is 32.5. The summed E-state index contributed by atoms with van der Waals surface area (Å²) in [4.78, 5) is 0. The Labute approximate surface area is 80.0 Å². The van der Waals surface area contributed by atoms with Crippen molar-refractivity contribution < 1.29 is 13.3 Å². The van der Waals surface area contributed by atoms with Crippen molar-refractivity contribution in [3.05, 3.63) is 0 Å². The number of hydrogen-bond acceptors (Lipinski definition) is 2. The molecule has 0 N–H and O–H groups in total. The van der Waals surface area contributed by atoms with Crippen LogP contribution in [0.15, 0.2) is 4.40 Å². The number of rotatable bonds is 2. The molecule has 1 aliphatic rings. The molecule has 0 aliphatic carbocycles. The first kappa shape index (κ1) is 10.8. The minimum absolute atomic E-state index is 0.0256. The lowest BCUT2D eigenvalue weighted by molar-refractivity contribution is -0.0839. The fourth-order valence-electron chi connectivity index (χ4n) is 0.672. The summed E-state index contributed by atoms with van der Waals surface area (Å²) in [5.41, 5.74) is -1.49. The van der Waals surface area contributed by atoms with Gasteiger partial charge in [0.1, 0.15) is 11.0 Å². The molecule has 0 unspecified atom stereocenters. The largest absolute Gasteiger partial charge is 0.374 e. The van der Waals surface area contributed by atoms with E-state index in [1.54, 1.807) is 20.8 Å². The molecule has 1 atom stereocenters. The molecule has 76 valence electrons. The summed E-state index contributed by atoms with van der Waals surface area (Å²) >= 11 is 0. The summed E-state index contributed by atoms with van der Waals surface area (Å²) in [5, 5.41) is 0. The molecule has 5 heteroatoms. The molecule has 1 fully saturated rings. The van der Waals surface area contributed by atoms with Crippen molar-refractivity contribution in [2.24, 2.45) is 4.40 Å². The average Bonchev–Trinajstić information content (AvgIpc) is 1.94. The monoisotopic (exact) mass is 207 g/mol. The molecule has 1 rings (SSSR count). The van der Waals surface area contributed by atoms with Gasteiger partial charge in [-0.1, -0.05) is 0 Å². The van der Waals surface area contributed by atoms with Crippen molar-refractivity contribution in [1.82, 2.24) is 0 Å². The first-order chi connectivity index (χ1) is 5.83. The van der Waals surface area contributed by atoms with Gasteiger partial charge in [0.2, 0.25) is 0 Å². The molecule has 0 aromatic heterocycles. The van der Waals surface area contributed by atoms with E-state index in [4.69, 9.17) is 4.74 Å². The molecule has 3 nitrogen and oxygen atoms in total. The first-order valence-corrected chi connectivity index (χ1v) is 5.18. The number of nitrogens with zero attached hydrogens (tertiary/aromatic N) is 1. The Kier molecular flexibility index (Phi) is 2.87. The normalized spacial score (nSPS) is 24.3. The van der Waals surface area contributed by atoms with Crippen LogP contribution in [0.1, 0.15) is 20.8 Å². The second-order valence-electron chi connectivity index (χ2n) is 4.12. The third-order valence-corrected chi connectivity index (χ3v) is 2.93. The lowest BCUT2D eigenvalue weighted by Gasteiger charge is -2.29. The molecule has 1 aliphatic heterocycles. The van der Waals surface area contributed by atoms with E-state index in [1.165, 1.54) is 0 Å². The van der Waals surface area contributed by atoms with Crippen LogP contribution in [-0.4, -0.2) is 34.1 Å². The Morgan fingerprint density at radius 2 is 2.08 bits per heavy atom. The Balaban J connectivity index is 2.53. The number of alkyl halides is 1. The Hall–Kier alpha value is -0.290. The van der Waals surface area contributed by atoms with E-state index >= 15 is 0 Å². The topological polar surface area (TPSA) is 38.7 Å². The highest BCUT2D eigenvalue weighted by Crippen LogP contribution is 2.20. The zero-order valence-electron chi connectivity index (χ0n) is 8.04. The van der Waals surface area contributed by atoms with Crippen molar-refractivity contribution in [3.8, 4) is 0 Å². The van der Waals surface area contributed by atoms with E-state index in [0.717, 1.165) is 6.21 Å². The minimum Gasteiger partial charge on any atom is -0.374 e. The van der Waals surface area contributed by atoms with Crippen molar-refractivity contribution >= 4 is 17.2 Å². The quantitative estimate of drug-likeness (QED) is 0.639. The summed E-state index contributed by atoms with van der Waals surface area (Å²) in [6, 6.07) is 0. The number of hydrogen-bond donors (Lipinski definition) is 0. The molecule has 0 amide bonds. The molecule has 0 bridgehead atoms. The van der Waals surface area contributed by atoms with Gasteiger partial charge >= 0.3 is 0 Å². The van der Waals surface area contributed by atoms with Gasteiger partial charge in [-0.15, -0.1) is 0 Å². The van der Waals surface area contributed by atoms with E-state index in [1.807, 2.05) is 0 Å². The molecule has 0 radical (unpaired) electrons. The zero-order chi connectivity index (χ0) is 10.1. The predicted octanol–water partition coefficient (Wildman–Crippen LogP) is 1.26. The lowest BCUT2D eigenvalue weighted by Crippen LogP contribution is -2.47. The SMILES string of the molecule is CC(C)(C)[S@](=O)N=CC1(F)COC1. The van der Waals surface area contributed by atoms with E-state index in [9.17, 15) is 8.60 Å². The molecule has 1 heterocycles. The first-order valence-electron chi connectivity index (χ1n) is 4.07. The maximum atomic E-state index is 13.2. The summed E-state index contributed by atoms with van der Waals surface area (Å²) in [5.74, 6) is 0. The molecule has 0 aromatic rings. The molecule has 13 heavy (non-hydrogen) atoms. The molecular formula is C8H14FNO2S. The van der Waals surface area contributed by atoms with E-state index in [-0.39, 0.29) is 13.2 Å². The van der Waals surface area contributed by atoms with E-state index in [2.05, 4.69) is 4.40 Å². The maximum absolute atomic E-state index is 13.2. The molecular weight excluding hydrogens is 193 g/mol. The van der Waals surface area contributed by atoms with Gasteiger partial charge in [0, 0.05) is 0 Å². The van der Waals surface area contributed by atoms with Crippen LogP contribution in [0.5, 0.6) is 0 Å². The summed E-state index contributed by atoms with van der Waals surface area (Å²) in [6.07, 6.45) is 1.11. The highest BCUT2D eigenvalue weighted by Gasteiger charge is 2.37. The Morgan fingerprint density at radius 1 is 1.54 bits per heavy atom. The fourth-order valence-corrected chi connectivity index (χ4v) is 1.27. The minimum atomic E-state index is -1.49. The third-order valence-electron chi connectivity index (χ3n) is 1.59. The second kappa shape index (κ2) is 3.46. The maximum Gasteiger partial charge on any atom is 0.192 e.